The van der Waals surface area contributed by atoms with Crippen molar-refractivity contribution >= 4 is 22.8 Å². The van der Waals surface area contributed by atoms with E-state index in [2.05, 4.69) is 63.9 Å². The minimum absolute atomic E-state index is 0.0517. The highest BCUT2D eigenvalue weighted by atomic mass is 16.2. The Bertz CT molecular complexity index is 1400. The van der Waals surface area contributed by atoms with Gasteiger partial charge in [0.15, 0.2) is 0 Å². The number of piperidine rings is 1. The molecule has 1 saturated heterocycles. The van der Waals surface area contributed by atoms with Gasteiger partial charge in [-0.15, -0.1) is 0 Å². The highest BCUT2D eigenvalue weighted by Crippen LogP contribution is 2.34. The molecular formula is C31H38N6O. The van der Waals surface area contributed by atoms with Crippen LogP contribution >= 0.6 is 0 Å². The Morgan fingerprint density at radius 1 is 1.05 bits per heavy atom. The number of nitrogens with one attached hydrogen (secondary N) is 1. The molecule has 1 N–H and O–H groups in total. The number of aromatic nitrogens is 3. The van der Waals surface area contributed by atoms with Gasteiger partial charge in [0, 0.05) is 68.3 Å². The Morgan fingerprint density at radius 3 is 2.39 bits per heavy atom. The normalized spacial score (nSPS) is 14.8. The third kappa shape index (κ3) is 5.16. The van der Waals surface area contributed by atoms with E-state index in [1.165, 1.54) is 22.2 Å². The number of carbonyl (C=O) groups is 1. The van der Waals surface area contributed by atoms with Crippen LogP contribution < -0.4 is 5.32 Å². The molecule has 1 aliphatic rings. The lowest BCUT2D eigenvalue weighted by Crippen LogP contribution is -2.33. The lowest BCUT2D eigenvalue weighted by molar-refractivity contribution is 0.0827. The molecular weight excluding hydrogens is 472 g/mol. The standard InChI is InChI=1S/C31H38N6O/c1-21(2)37-26(18-28-27(12-15-33-30(28)37)25-10-11-29(32-3)34-19-25)20-36-16-13-23(14-17-36)22-6-8-24(9-7-22)31(38)35(4)5/h6-12,15,18-19,21,23H,13-14,16-17,20H2,1-5H3,(H,32,34). The van der Waals surface area contributed by atoms with Gasteiger partial charge in [-0.1, -0.05) is 12.1 Å². The topological polar surface area (TPSA) is 66.3 Å². The molecule has 0 aliphatic carbocycles. The minimum atomic E-state index is 0.0517. The summed E-state index contributed by atoms with van der Waals surface area (Å²) in [5.74, 6) is 1.45. The van der Waals surface area contributed by atoms with Gasteiger partial charge in [-0.3, -0.25) is 9.69 Å². The van der Waals surface area contributed by atoms with E-state index in [0.29, 0.717) is 12.0 Å². The second-order valence-electron chi connectivity index (χ2n) is 10.7. The molecule has 7 nitrogen and oxygen atoms in total. The zero-order chi connectivity index (χ0) is 26.8. The maximum Gasteiger partial charge on any atom is 0.253 e. The summed E-state index contributed by atoms with van der Waals surface area (Å²) in [6.45, 7) is 7.49. The Morgan fingerprint density at radius 2 is 1.79 bits per heavy atom. The number of anilines is 1. The number of rotatable bonds is 7. The first-order valence-corrected chi connectivity index (χ1v) is 13.5. The summed E-state index contributed by atoms with van der Waals surface area (Å²) in [5.41, 5.74) is 6.69. The van der Waals surface area contributed by atoms with Crippen LogP contribution in [0.3, 0.4) is 0 Å². The summed E-state index contributed by atoms with van der Waals surface area (Å²) in [7, 11) is 5.47. The van der Waals surface area contributed by atoms with E-state index >= 15 is 0 Å². The number of nitrogens with zero attached hydrogens (tertiary/aromatic N) is 5. The Labute approximate surface area is 225 Å². The van der Waals surface area contributed by atoms with Gasteiger partial charge in [0.2, 0.25) is 0 Å². The molecule has 7 heteroatoms. The van der Waals surface area contributed by atoms with Crippen LogP contribution in [0.5, 0.6) is 0 Å². The third-order valence-corrected chi connectivity index (χ3v) is 7.67. The molecule has 0 saturated carbocycles. The van der Waals surface area contributed by atoms with Crippen molar-refractivity contribution in [2.75, 3.05) is 39.5 Å². The van der Waals surface area contributed by atoms with Crippen molar-refractivity contribution in [3.05, 3.63) is 77.7 Å². The van der Waals surface area contributed by atoms with Crippen molar-refractivity contribution in [2.24, 2.45) is 0 Å². The molecule has 0 atom stereocenters. The van der Waals surface area contributed by atoms with Crippen molar-refractivity contribution in [1.82, 2.24) is 24.3 Å². The molecule has 0 bridgehead atoms. The molecule has 198 valence electrons. The first-order valence-electron chi connectivity index (χ1n) is 13.5. The van der Waals surface area contributed by atoms with Gasteiger partial charge in [-0.25, -0.2) is 9.97 Å². The molecule has 5 rings (SSSR count). The zero-order valence-electron chi connectivity index (χ0n) is 23.1. The molecule has 0 radical (unpaired) electrons. The summed E-state index contributed by atoms with van der Waals surface area (Å²) in [4.78, 5) is 25.7. The molecule has 1 aliphatic heterocycles. The Hall–Kier alpha value is -3.71. The predicted molar refractivity (Wildman–Crippen MR) is 155 cm³/mol. The SMILES string of the molecule is CNc1ccc(-c2ccnc3c2cc(CN2CCC(c4ccc(C(=O)N(C)C)cc4)CC2)n3C(C)C)cn1. The summed E-state index contributed by atoms with van der Waals surface area (Å²) in [5, 5.41) is 4.27. The smallest absolute Gasteiger partial charge is 0.253 e. The van der Waals surface area contributed by atoms with Crippen LogP contribution in [0.1, 0.15) is 60.3 Å². The number of carbonyl (C=O) groups excluding carboxylic acids is 1. The fourth-order valence-electron chi connectivity index (χ4n) is 5.63. The average molecular weight is 511 g/mol. The molecule has 0 unspecified atom stereocenters. The zero-order valence-corrected chi connectivity index (χ0v) is 23.1. The quantitative estimate of drug-likeness (QED) is 0.340. The Kier molecular flexibility index (Phi) is 7.47. The van der Waals surface area contributed by atoms with E-state index in [1.807, 2.05) is 37.6 Å². The van der Waals surface area contributed by atoms with Gasteiger partial charge < -0.3 is 14.8 Å². The lowest BCUT2D eigenvalue weighted by Gasteiger charge is -2.32. The van der Waals surface area contributed by atoms with Crippen LogP contribution in [0.15, 0.2) is 60.9 Å². The van der Waals surface area contributed by atoms with Crippen LogP contribution in [0.25, 0.3) is 22.2 Å². The molecule has 1 aromatic carbocycles. The minimum Gasteiger partial charge on any atom is -0.373 e. The molecule has 4 heterocycles. The fraction of sp³-hybridized carbons (Fsp3) is 0.387. The maximum absolute atomic E-state index is 12.2. The summed E-state index contributed by atoms with van der Waals surface area (Å²) in [6, 6.07) is 17.1. The monoisotopic (exact) mass is 510 g/mol. The second-order valence-corrected chi connectivity index (χ2v) is 10.7. The summed E-state index contributed by atoms with van der Waals surface area (Å²) >= 11 is 0. The lowest BCUT2D eigenvalue weighted by atomic mass is 9.89. The van der Waals surface area contributed by atoms with Crippen molar-refractivity contribution in [3.63, 3.8) is 0 Å². The Balaban J connectivity index is 1.33. The van der Waals surface area contributed by atoms with Crippen LogP contribution in [-0.2, 0) is 6.54 Å². The van der Waals surface area contributed by atoms with Crippen LogP contribution in [-0.4, -0.2) is 64.5 Å². The molecule has 1 amide bonds. The second kappa shape index (κ2) is 11.0. The van der Waals surface area contributed by atoms with Gasteiger partial charge in [0.1, 0.15) is 11.5 Å². The van der Waals surface area contributed by atoms with Gasteiger partial charge in [-0.2, -0.15) is 0 Å². The number of hydrogen-bond acceptors (Lipinski definition) is 5. The van der Waals surface area contributed by atoms with E-state index in [1.54, 1.807) is 19.0 Å². The van der Waals surface area contributed by atoms with Gasteiger partial charge in [-0.05, 0) is 93.2 Å². The average Bonchev–Trinajstić information content (AvgIpc) is 3.31. The van der Waals surface area contributed by atoms with Crippen molar-refractivity contribution < 1.29 is 4.79 Å². The van der Waals surface area contributed by atoms with Gasteiger partial charge >= 0.3 is 0 Å². The number of benzene rings is 1. The first kappa shape index (κ1) is 25.9. The molecule has 38 heavy (non-hydrogen) atoms. The number of likely N-dealkylation sites (tertiary alicyclic amines) is 1. The van der Waals surface area contributed by atoms with Crippen molar-refractivity contribution in [2.45, 2.75) is 45.2 Å². The maximum atomic E-state index is 12.2. The highest BCUT2D eigenvalue weighted by molar-refractivity contribution is 5.94. The molecule has 4 aromatic rings. The van der Waals surface area contributed by atoms with E-state index in [-0.39, 0.29) is 5.91 Å². The summed E-state index contributed by atoms with van der Waals surface area (Å²) in [6.07, 6.45) is 6.08. The summed E-state index contributed by atoms with van der Waals surface area (Å²) < 4.78 is 2.39. The fourth-order valence-corrected chi connectivity index (χ4v) is 5.63. The number of amides is 1. The molecule has 0 spiro atoms. The van der Waals surface area contributed by atoms with Gasteiger partial charge in [0.05, 0.1) is 0 Å². The van der Waals surface area contributed by atoms with Crippen molar-refractivity contribution in [1.29, 1.82) is 0 Å². The third-order valence-electron chi connectivity index (χ3n) is 7.67. The van der Waals surface area contributed by atoms with E-state index in [9.17, 15) is 4.79 Å². The highest BCUT2D eigenvalue weighted by Gasteiger charge is 2.24. The van der Waals surface area contributed by atoms with E-state index in [4.69, 9.17) is 4.98 Å². The molecule has 1 fully saturated rings. The largest absolute Gasteiger partial charge is 0.373 e. The van der Waals surface area contributed by atoms with E-state index < -0.39 is 0 Å². The number of hydrogen-bond donors (Lipinski definition) is 1. The van der Waals surface area contributed by atoms with Crippen LogP contribution in [0.2, 0.25) is 0 Å². The number of pyridine rings is 2. The van der Waals surface area contributed by atoms with Gasteiger partial charge in [0.25, 0.3) is 5.91 Å². The van der Waals surface area contributed by atoms with E-state index in [0.717, 1.165) is 55.1 Å². The first-order chi connectivity index (χ1) is 18.4. The number of fused-ring (bicyclic) bond motifs is 1. The van der Waals surface area contributed by atoms with Crippen LogP contribution in [0.4, 0.5) is 5.82 Å². The molecule has 3 aromatic heterocycles. The predicted octanol–water partition coefficient (Wildman–Crippen LogP) is 5.80. The van der Waals surface area contributed by atoms with Crippen LogP contribution in [0, 0.1) is 0 Å². The van der Waals surface area contributed by atoms with Crippen molar-refractivity contribution in [3.8, 4) is 11.1 Å².